The number of nitriles is 1. The van der Waals surface area contributed by atoms with Gasteiger partial charge in [0.05, 0.1) is 29.6 Å². The molecule has 4 rings (SSSR count). The molecule has 150 valence electrons. The summed E-state index contributed by atoms with van der Waals surface area (Å²) in [4.78, 5) is 27.2. The number of hydrogen-bond acceptors (Lipinski definition) is 7. The summed E-state index contributed by atoms with van der Waals surface area (Å²) >= 11 is 1.55. The van der Waals surface area contributed by atoms with E-state index in [0.29, 0.717) is 22.9 Å². The fraction of sp³-hybridized carbons (Fsp3) is 0.200. The summed E-state index contributed by atoms with van der Waals surface area (Å²) in [6.07, 6.45) is 1.70. The zero-order valence-corrected chi connectivity index (χ0v) is 16.6. The molecule has 0 radical (unpaired) electrons. The lowest BCUT2D eigenvalue weighted by Crippen LogP contribution is -2.45. The molecule has 2 amide bonds. The van der Waals surface area contributed by atoms with Crippen LogP contribution in [-0.2, 0) is 16.0 Å². The van der Waals surface area contributed by atoms with Crippen molar-refractivity contribution in [2.45, 2.75) is 12.5 Å². The van der Waals surface area contributed by atoms with Crippen LogP contribution < -0.4 is 5.32 Å². The number of aromatic nitrogens is 4. The number of carbonyl (C=O) groups excluding carboxylic acids is 2. The van der Waals surface area contributed by atoms with Crippen LogP contribution in [0.15, 0.2) is 54.9 Å². The third-order valence-corrected chi connectivity index (χ3v) is 5.70. The monoisotopic (exact) mass is 419 g/mol. The zero-order valence-electron chi connectivity index (χ0n) is 15.8. The Morgan fingerprint density at radius 2 is 1.93 bits per heavy atom. The molecule has 0 aliphatic carbocycles. The van der Waals surface area contributed by atoms with E-state index in [1.807, 2.05) is 30.3 Å². The van der Waals surface area contributed by atoms with E-state index in [2.05, 4.69) is 20.8 Å². The topological polar surface area (TPSA) is 117 Å². The lowest BCUT2D eigenvalue weighted by Gasteiger charge is -2.23. The van der Waals surface area contributed by atoms with E-state index >= 15 is 0 Å². The van der Waals surface area contributed by atoms with Gasteiger partial charge in [0.25, 0.3) is 0 Å². The molecule has 0 spiro atoms. The van der Waals surface area contributed by atoms with Gasteiger partial charge in [0.1, 0.15) is 12.4 Å². The first-order valence-electron chi connectivity index (χ1n) is 9.14. The Morgan fingerprint density at radius 3 is 2.60 bits per heavy atom. The van der Waals surface area contributed by atoms with Gasteiger partial charge in [0, 0.05) is 11.4 Å². The van der Waals surface area contributed by atoms with Crippen molar-refractivity contribution in [3.05, 3.63) is 66.0 Å². The Kier molecular flexibility index (Phi) is 5.72. The van der Waals surface area contributed by atoms with Crippen molar-refractivity contribution in [3.8, 4) is 11.8 Å². The number of rotatable bonds is 5. The van der Waals surface area contributed by atoms with Crippen LogP contribution in [0.4, 0.5) is 5.69 Å². The first-order chi connectivity index (χ1) is 14.6. The SMILES string of the molecule is N#Cc1ccc(NC(=O)C2CSCN2C(=O)Cc2ccc(-n3cnnn3)cc2)cc1. The number of anilines is 1. The number of hydrogen-bond donors (Lipinski definition) is 1. The highest BCUT2D eigenvalue weighted by Gasteiger charge is 2.34. The molecule has 1 saturated heterocycles. The minimum atomic E-state index is -0.529. The molecule has 3 aromatic rings. The molecule has 2 heterocycles. The van der Waals surface area contributed by atoms with Crippen molar-refractivity contribution >= 4 is 29.3 Å². The summed E-state index contributed by atoms with van der Waals surface area (Å²) in [6, 6.07) is 15.5. The lowest BCUT2D eigenvalue weighted by molar-refractivity contribution is -0.135. The van der Waals surface area contributed by atoms with Gasteiger partial charge in [-0.3, -0.25) is 9.59 Å². The van der Waals surface area contributed by atoms with Crippen LogP contribution >= 0.6 is 11.8 Å². The summed E-state index contributed by atoms with van der Waals surface area (Å²) in [5, 5.41) is 22.7. The van der Waals surface area contributed by atoms with Crippen LogP contribution in [0.3, 0.4) is 0 Å². The highest BCUT2D eigenvalue weighted by Crippen LogP contribution is 2.23. The molecule has 1 aliphatic rings. The summed E-state index contributed by atoms with van der Waals surface area (Å²) in [5.74, 6) is 0.696. The highest BCUT2D eigenvalue weighted by molar-refractivity contribution is 7.99. The second kappa shape index (κ2) is 8.75. The van der Waals surface area contributed by atoms with E-state index in [0.717, 1.165) is 11.3 Å². The number of amides is 2. The van der Waals surface area contributed by atoms with Gasteiger partial charge in [-0.1, -0.05) is 12.1 Å². The Hall–Kier alpha value is -3.71. The standard InChI is InChI=1S/C20H17N7O2S/c21-10-15-1-5-16(6-2-15)23-20(29)18-11-30-13-26(18)19(28)9-14-3-7-17(8-4-14)27-12-22-24-25-27/h1-8,12,18H,9,11,13H2,(H,23,29). The van der Waals surface area contributed by atoms with Crippen LogP contribution in [0.2, 0.25) is 0 Å². The Bertz CT molecular complexity index is 1080. The maximum Gasteiger partial charge on any atom is 0.248 e. The van der Waals surface area contributed by atoms with Crippen molar-refractivity contribution in [2.24, 2.45) is 0 Å². The van der Waals surface area contributed by atoms with E-state index in [1.54, 1.807) is 40.9 Å². The second-order valence-electron chi connectivity index (χ2n) is 6.66. The third kappa shape index (κ3) is 4.31. The molecule has 1 aromatic heterocycles. The lowest BCUT2D eigenvalue weighted by atomic mass is 10.1. The average Bonchev–Trinajstić information content (AvgIpc) is 3.47. The minimum Gasteiger partial charge on any atom is -0.324 e. The maximum absolute atomic E-state index is 12.8. The quantitative estimate of drug-likeness (QED) is 0.668. The van der Waals surface area contributed by atoms with Gasteiger partial charge in [-0.25, -0.2) is 4.68 Å². The molecule has 30 heavy (non-hydrogen) atoms. The second-order valence-corrected chi connectivity index (χ2v) is 7.66. The van der Waals surface area contributed by atoms with E-state index in [9.17, 15) is 9.59 Å². The van der Waals surface area contributed by atoms with E-state index < -0.39 is 6.04 Å². The van der Waals surface area contributed by atoms with Gasteiger partial charge in [0.15, 0.2) is 0 Å². The molecular formula is C20H17N7O2S. The summed E-state index contributed by atoms with van der Waals surface area (Å²) < 4.78 is 1.53. The molecule has 1 N–H and O–H groups in total. The smallest absolute Gasteiger partial charge is 0.248 e. The van der Waals surface area contributed by atoms with Crippen molar-refractivity contribution in [3.63, 3.8) is 0 Å². The number of benzene rings is 2. The highest BCUT2D eigenvalue weighted by atomic mass is 32.2. The third-order valence-electron chi connectivity index (χ3n) is 4.69. The first kappa shape index (κ1) is 19.6. The number of carbonyl (C=O) groups is 2. The van der Waals surface area contributed by atoms with Crippen molar-refractivity contribution in [1.29, 1.82) is 5.26 Å². The van der Waals surface area contributed by atoms with Crippen LogP contribution in [0.5, 0.6) is 0 Å². The summed E-state index contributed by atoms with van der Waals surface area (Å²) in [7, 11) is 0. The Morgan fingerprint density at radius 1 is 1.17 bits per heavy atom. The molecule has 1 atom stereocenters. The van der Waals surface area contributed by atoms with E-state index in [-0.39, 0.29) is 18.2 Å². The van der Waals surface area contributed by atoms with Gasteiger partial charge < -0.3 is 10.2 Å². The fourth-order valence-electron chi connectivity index (χ4n) is 3.08. The molecule has 0 bridgehead atoms. The van der Waals surface area contributed by atoms with Gasteiger partial charge >= 0.3 is 0 Å². The molecule has 0 saturated carbocycles. The summed E-state index contributed by atoms with van der Waals surface area (Å²) in [6.45, 7) is 0. The number of nitrogens with one attached hydrogen (secondary N) is 1. The van der Waals surface area contributed by atoms with Crippen molar-refractivity contribution in [2.75, 3.05) is 16.9 Å². The predicted molar refractivity (Wildman–Crippen MR) is 111 cm³/mol. The van der Waals surface area contributed by atoms with Gasteiger partial charge in [-0.2, -0.15) is 5.26 Å². The molecule has 9 nitrogen and oxygen atoms in total. The van der Waals surface area contributed by atoms with Gasteiger partial charge in [-0.15, -0.1) is 16.9 Å². The molecule has 1 aliphatic heterocycles. The van der Waals surface area contributed by atoms with Crippen LogP contribution in [-0.4, -0.2) is 54.6 Å². The van der Waals surface area contributed by atoms with E-state index in [1.165, 1.54) is 11.0 Å². The normalized spacial score (nSPS) is 15.6. The van der Waals surface area contributed by atoms with Gasteiger partial charge in [0.2, 0.25) is 11.8 Å². The number of tetrazole rings is 1. The minimum absolute atomic E-state index is 0.102. The fourth-order valence-corrected chi connectivity index (χ4v) is 4.26. The molecule has 1 fully saturated rings. The van der Waals surface area contributed by atoms with Crippen LogP contribution in [0, 0.1) is 11.3 Å². The Labute approximate surface area is 176 Å². The first-order valence-corrected chi connectivity index (χ1v) is 10.3. The number of nitrogens with zero attached hydrogens (tertiary/aromatic N) is 6. The zero-order chi connectivity index (χ0) is 20.9. The van der Waals surface area contributed by atoms with Crippen molar-refractivity contribution < 1.29 is 9.59 Å². The largest absolute Gasteiger partial charge is 0.324 e. The van der Waals surface area contributed by atoms with E-state index in [4.69, 9.17) is 5.26 Å². The molecular weight excluding hydrogens is 402 g/mol. The van der Waals surface area contributed by atoms with Crippen LogP contribution in [0.25, 0.3) is 5.69 Å². The van der Waals surface area contributed by atoms with Crippen LogP contribution in [0.1, 0.15) is 11.1 Å². The molecule has 2 aromatic carbocycles. The predicted octanol–water partition coefficient (Wildman–Crippen LogP) is 1.62. The Balaban J connectivity index is 1.39. The maximum atomic E-state index is 12.8. The van der Waals surface area contributed by atoms with Gasteiger partial charge in [-0.05, 0) is 52.4 Å². The number of thioether (sulfide) groups is 1. The average molecular weight is 419 g/mol. The summed E-state index contributed by atoms with van der Waals surface area (Å²) in [5.41, 5.74) is 2.77. The van der Waals surface area contributed by atoms with Crippen molar-refractivity contribution in [1.82, 2.24) is 25.1 Å². The molecule has 10 heteroatoms. The molecule has 1 unspecified atom stereocenters.